The summed E-state index contributed by atoms with van der Waals surface area (Å²) in [7, 11) is 0. The fourth-order valence-electron chi connectivity index (χ4n) is 1.15. The van der Waals surface area contributed by atoms with Gasteiger partial charge in [-0.1, -0.05) is 0 Å². The van der Waals surface area contributed by atoms with Crippen LogP contribution in [0.3, 0.4) is 0 Å². The monoisotopic (exact) mass is 184 g/mol. The van der Waals surface area contributed by atoms with Gasteiger partial charge in [0.25, 0.3) is 0 Å². The smallest absolute Gasteiger partial charge is 0.331 e. The van der Waals surface area contributed by atoms with E-state index in [1.54, 1.807) is 13.1 Å². The molecule has 0 N–H and O–H groups in total. The van der Waals surface area contributed by atoms with Crippen molar-refractivity contribution in [3.8, 4) is 0 Å². The molecule has 1 aliphatic heterocycles. The van der Waals surface area contributed by atoms with Crippen molar-refractivity contribution in [2.24, 2.45) is 5.10 Å². The first-order valence-electron chi connectivity index (χ1n) is 4.15. The van der Waals surface area contributed by atoms with Gasteiger partial charge in [-0.3, -0.25) is 4.79 Å². The van der Waals surface area contributed by atoms with Gasteiger partial charge in [-0.2, -0.15) is 5.10 Å². The maximum Gasteiger partial charge on any atom is 0.331 e. The standard InChI is InChI=1S/C8H12N2O3/c1-3-13-8(12)7-4-5-9-10(7)6(2)11/h5,7H,3-4H2,1-2H3. The van der Waals surface area contributed by atoms with Gasteiger partial charge in [0, 0.05) is 19.6 Å². The highest BCUT2D eigenvalue weighted by Crippen LogP contribution is 2.12. The Hall–Kier alpha value is -1.39. The normalized spacial score (nSPS) is 20.5. The third kappa shape index (κ3) is 2.05. The molecular weight excluding hydrogens is 172 g/mol. The molecule has 1 rings (SSSR count). The fraction of sp³-hybridized carbons (Fsp3) is 0.625. The Morgan fingerprint density at radius 2 is 2.38 bits per heavy atom. The number of rotatable bonds is 2. The summed E-state index contributed by atoms with van der Waals surface area (Å²) in [6, 6.07) is -0.558. The van der Waals surface area contributed by atoms with E-state index in [9.17, 15) is 9.59 Å². The zero-order valence-corrected chi connectivity index (χ0v) is 7.69. The molecule has 0 radical (unpaired) electrons. The predicted octanol–water partition coefficient (Wildman–Crippen LogP) is 0.156. The van der Waals surface area contributed by atoms with Crippen LogP contribution in [-0.2, 0) is 14.3 Å². The number of hydrazone groups is 1. The average Bonchev–Trinajstić information content (AvgIpc) is 2.52. The summed E-state index contributed by atoms with van der Waals surface area (Å²) >= 11 is 0. The van der Waals surface area contributed by atoms with Crippen LogP contribution in [0.1, 0.15) is 20.3 Å². The Morgan fingerprint density at radius 1 is 1.69 bits per heavy atom. The highest BCUT2D eigenvalue weighted by Gasteiger charge is 2.31. The van der Waals surface area contributed by atoms with Crippen LogP contribution in [0.5, 0.6) is 0 Å². The lowest BCUT2D eigenvalue weighted by Gasteiger charge is -2.18. The lowest BCUT2D eigenvalue weighted by atomic mass is 10.2. The molecule has 1 amide bonds. The summed E-state index contributed by atoms with van der Waals surface area (Å²) in [5, 5.41) is 4.93. The van der Waals surface area contributed by atoms with Gasteiger partial charge in [0.1, 0.15) is 0 Å². The second-order valence-corrected chi connectivity index (χ2v) is 2.67. The van der Waals surface area contributed by atoms with Gasteiger partial charge < -0.3 is 4.74 Å². The van der Waals surface area contributed by atoms with Crippen LogP contribution in [0.2, 0.25) is 0 Å². The largest absolute Gasteiger partial charge is 0.464 e. The Kier molecular flexibility index (Phi) is 3.00. The third-order valence-electron chi connectivity index (χ3n) is 1.71. The molecule has 0 aromatic rings. The molecule has 1 atom stereocenters. The van der Waals surface area contributed by atoms with E-state index in [1.807, 2.05) is 0 Å². The van der Waals surface area contributed by atoms with E-state index >= 15 is 0 Å². The molecule has 5 nitrogen and oxygen atoms in total. The molecule has 0 saturated heterocycles. The van der Waals surface area contributed by atoms with Crippen molar-refractivity contribution < 1.29 is 14.3 Å². The highest BCUT2D eigenvalue weighted by atomic mass is 16.5. The van der Waals surface area contributed by atoms with Crippen LogP contribution < -0.4 is 0 Å². The topological polar surface area (TPSA) is 59.0 Å². The van der Waals surface area contributed by atoms with Crippen molar-refractivity contribution in [3.05, 3.63) is 0 Å². The maximum atomic E-state index is 11.3. The second kappa shape index (κ2) is 4.02. The van der Waals surface area contributed by atoms with Crippen molar-refractivity contribution in [2.75, 3.05) is 6.61 Å². The van der Waals surface area contributed by atoms with E-state index in [0.29, 0.717) is 13.0 Å². The Balaban J connectivity index is 2.61. The Labute approximate surface area is 76.3 Å². The van der Waals surface area contributed by atoms with Crippen molar-refractivity contribution in [2.45, 2.75) is 26.3 Å². The maximum absolute atomic E-state index is 11.3. The van der Waals surface area contributed by atoms with Crippen LogP contribution in [0.15, 0.2) is 5.10 Å². The molecule has 1 unspecified atom stereocenters. The average molecular weight is 184 g/mol. The number of nitrogens with zero attached hydrogens (tertiary/aromatic N) is 2. The van der Waals surface area contributed by atoms with Crippen molar-refractivity contribution in [3.63, 3.8) is 0 Å². The molecule has 0 saturated carbocycles. The van der Waals surface area contributed by atoms with Gasteiger partial charge in [-0.05, 0) is 6.92 Å². The molecule has 5 heteroatoms. The van der Waals surface area contributed by atoms with Gasteiger partial charge in [-0.15, -0.1) is 0 Å². The summed E-state index contributed by atoms with van der Waals surface area (Å²) in [5.74, 6) is -0.637. The van der Waals surface area contributed by atoms with Gasteiger partial charge in [0.2, 0.25) is 5.91 Å². The molecule has 0 fully saturated rings. The molecule has 1 aliphatic rings. The summed E-state index contributed by atoms with van der Waals surface area (Å²) < 4.78 is 4.79. The first-order valence-corrected chi connectivity index (χ1v) is 4.15. The summed E-state index contributed by atoms with van der Waals surface area (Å²) in [4.78, 5) is 22.2. The first-order chi connectivity index (χ1) is 6.16. The SMILES string of the molecule is CCOC(=O)C1CC=NN1C(C)=O. The van der Waals surface area contributed by atoms with Gasteiger partial charge in [0.15, 0.2) is 6.04 Å². The first kappa shape index (κ1) is 9.70. The second-order valence-electron chi connectivity index (χ2n) is 2.67. The highest BCUT2D eigenvalue weighted by molar-refractivity contribution is 5.88. The summed E-state index contributed by atoms with van der Waals surface area (Å²) in [6.07, 6.45) is 1.99. The van der Waals surface area contributed by atoms with Crippen molar-refractivity contribution >= 4 is 18.1 Å². The molecule has 1 heterocycles. The minimum Gasteiger partial charge on any atom is -0.464 e. The number of carbonyl (C=O) groups excluding carboxylic acids is 2. The molecule has 0 spiro atoms. The minimum atomic E-state index is -0.558. The van der Waals surface area contributed by atoms with Crippen LogP contribution in [0.25, 0.3) is 0 Å². The van der Waals surface area contributed by atoms with Crippen LogP contribution in [-0.4, -0.2) is 35.7 Å². The Bertz CT molecular complexity index is 250. The van der Waals surface area contributed by atoms with Gasteiger partial charge in [0.05, 0.1) is 6.61 Å². The fourth-order valence-corrected chi connectivity index (χ4v) is 1.15. The number of hydrogen-bond acceptors (Lipinski definition) is 4. The van der Waals surface area contributed by atoms with E-state index in [1.165, 1.54) is 6.92 Å². The van der Waals surface area contributed by atoms with E-state index in [0.717, 1.165) is 5.01 Å². The third-order valence-corrected chi connectivity index (χ3v) is 1.71. The number of ether oxygens (including phenoxy) is 1. The van der Waals surface area contributed by atoms with E-state index < -0.39 is 12.0 Å². The van der Waals surface area contributed by atoms with Gasteiger partial charge >= 0.3 is 5.97 Å². The molecular formula is C8H12N2O3. The Morgan fingerprint density at radius 3 is 2.92 bits per heavy atom. The van der Waals surface area contributed by atoms with E-state index in [2.05, 4.69) is 5.10 Å². The minimum absolute atomic E-state index is 0.244. The van der Waals surface area contributed by atoms with Crippen molar-refractivity contribution in [1.29, 1.82) is 0 Å². The zero-order chi connectivity index (χ0) is 9.84. The van der Waals surface area contributed by atoms with E-state index in [-0.39, 0.29) is 5.91 Å². The molecule has 72 valence electrons. The quantitative estimate of drug-likeness (QED) is 0.574. The number of amides is 1. The number of esters is 1. The number of carbonyl (C=O) groups is 2. The molecule has 0 bridgehead atoms. The molecule has 13 heavy (non-hydrogen) atoms. The molecule has 0 aliphatic carbocycles. The summed E-state index contributed by atoms with van der Waals surface area (Å²) in [6.45, 7) is 3.42. The van der Waals surface area contributed by atoms with E-state index in [4.69, 9.17) is 4.74 Å². The predicted molar refractivity (Wildman–Crippen MR) is 46.1 cm³/mol. The van der Waals surface area contributed by atoms with Crippen LogP contribution in [0.4, 0.5) is 0 Å². The van der Waals surface area contributed by atoms with Crippen LogP contribution >= 0.6 is 0 Å². The van der Waals surface area contributed by atoms with Gasteiger partial charge in [-0.25, -0.2) is 9.80 Å². The lowest BCUT2D eigenvalue weighted by molar-refractivity contribution is -0.153. The zero-order valence-electron chi connectivity index (χ0n) is 7.69. The lowest BCUT2D eigenvalue weighted by Crippen LogP contribution is -2.38. The number of hydrogen-bond donors (Lipinski definition) is 0. The van der Waals surface area contributed by atoms with Crippen LogP contribution in [0, 0.1) is 0 Å². The molecule has 0 aromatic carbocycles. The molecule has 0 aromatic heterocycles. The van der Waals surface area contributed by atoms with Crippen molar-refractivity contribution in [1.82, 2.24) is 5.01 Å². The summed E-state index contributed by atoms with van der Waals surface area (Å²) in [5.41, 5.74) is 0.